The lowest BCUT2D eigenvalue weighted by atomic mass is 9.91. The molecule has 144 valence electrons. The van der Waals surface area contributed by atoms with Gasteiger partial charge in [0, 0.05) is 18.9 Å². The summed E-state index contributed by atoms with van der Waals surface area (Å²) in [4.78, 5) is 17.1. The number of pyridine rings is 1. The molecule has 5 nitrogen and oxygen atoms in total. The second-order valence-electron chi connectivity index (χ2n) is 6.43. The standard InChI is InChI=1S/C23H24N2O3/c1-27-21-9-8-18(15-22(21)28-2)16-25-23(26)20(19-6-4-3-5-7-19)14-17-10-12-24-13-11-17/h3-13,15,20H,14,16H2,1-2H3,(H,25,26). The van der Waals surface area contributed by atoms with Gasteiger partial charge >= 0.3 is 0 Å². The number of benzene rings is 2. The van der Waals surface area contributed by atoms with Gasteiger partial charge in [-0.2, -0.15) is 0 Å². The van der Waals surface area contributed by atoms with Gasteiger partial charge in [-0.25, -0.2) is 0 Å². The first-order valence-corrected chi connectivity index (χ1v) is 9.13. The third-order valence-electron chi connectivity index (χ3n) is 4.62. The van der Waals surface area contributed by atoms with Crippen LogP contribution in [0, 0.1) is 0 Å². The molecule has 1 unspecified atom stereocenters. The highest BCUT2D eigenvalue weighted by atomic mass is 16.5. The highest BCUT2D eigenvalue weighted by Gasteiger charge is 2.21. The molecule has 28 heavy (non-hydrogen) atoms. The summed E-state index contributed by atoms with van der Waals surface area (Å²) >= 11 is 0. The van der Waals surface area contributed by atoms with E-state index in [4.69, 9.17) is 9.47 Å². The Morgan fingerprint density at radius 3 is 2.32 bits per heavy atom. The third kappa shape index (κ3) is 4.88. The van der Waals surface area contributed by atoms with E-state index in [2.05, 4.69) is 10.3 Å². The van der Waals surface area contributed by atoms with Crippen molar-refractivity contribution in [3.63, 3.8) is 0 Å². The number of aromatic nitrogens is 1. The summed E-state index contributed by atoms with van der Waals surface area (Å²) < 4.78 is 10.6. The van der Waals surface area contributed by atoms with Gasteiger partial charge < -0.3 is 14.8 Å². The molecule has 3 rings (SSSR count). The van der Waals surface area contributed by atoms with Crippen molar-refractivity contribution in [3.05, 3.63) is 89.7 Å². The average molecular weight is 376 g/mol. The highest BCUT2D eigenvalue weighted by Crippen LogP contribution is 2.27. The van der Waals surface area contributed by atoms with Gasteiger partial charge in [-0.1, -0.05) is 36.4 Å². The minimum absolute atomic E-state index is 0.0159. The Kier molecular flexibility index (Phi) is 6.63. The Labute approximate surface area is 165 Å². The van der Waals surface area contributed by atoms with E-state index < -0.39 is 0 Å². The second-order valence-corrected chi connectivity index (χ2v) is 6.43. The molecule has 1 atom stereocenters. The van der Waals surface area contributed by atoms with E-state index in [1.807, 2.05) is 60.7 Å². The molecule has 0 aliphatic heterocycles. The second kappa shape index (κ2) is 9.55. The summed E-state index contributed by atoms with van der Waals surface area (Å²) in [7, 11) is 3.20. The highest BCUT2D eigenvalue weighted by molar-refractivity contribution is 5.84. The number of methoxy groups -OCH3 is 2. The number of nitrogens with zero attached hydrogens (tertiary/aromatic N) is 1. The Bertz CT molecular complexity index is 898. The Hall–Kier alpha value is -3.34. The molecule has 1 aromatic heterocycles. The predicted molar refractivity (Wildman–Crippen MR) is 109 cm³/mol. The van der Waals surface area contributed by atoms with Crippen LogP contribution in [0.4, 0.5) is 0 Å². The minimum atomic E-state index is -0.274. The molecule has 3 aromatic rings. The Balaban J connectivity index is 1.74. The first-order chi connectivity index (χ1) is 13.7. The van der Waals surface area contributed by atoms with Crippen molar-refractivity contribution in [2.24, 2.45) is 0 Å². The first-order valence-electron chi connectivity index (χ1n) is 9.13. The van der Waals surface area contributed by atoms with Gasteiger partial charge in [0.1, 0.15) is 0 Å². The molecule has 0 fully saturated rings. The van der Waals surface area contributed by atoms with Gasteiger partial charge in [0.25, 0.3) is 0 Å². The van der Waals surface area contributed by atoms with Crippen LogP contribution in [0.25, 0.3) is 0 Å². The van der Waals surface area contributed by atoms with E-state index >= 15 is 0 Å². The van der Waals surface area contributed by atoms with Crippen LogP contribution in [-0.4, -0.2) is 25.1 Å². The molecule has 0 radical (unpaired) electrons. The van der Waals surface area contributed by atoms with Crippen LogP contribution in [0.2, 0.25) is 0 Å². The summed E-state index contributed by atoms with van der Waals surface area (Å²) in [5.41, 5.74) is 3.01. The molecule has 0 bridgehead atoms. The van der Waals surface area contributed by atoms with Crippen LogP contribution in [0.1, 0.15) is 22.6 Å². The summed E-state index contributed by atoms with van der Waals surface area (Å²) in [6.07, 6.45) is 4.11. The van der Waals surface area contributed by atoms with Crippen molar-refractivity contribution in [2.45, 2.75) is 18.9 Å². The number of rotatable bonds is 8. The van der Waals surface area contributed by atoms with Gasteiger partial charge in [0.2, 0.25) is 5.91 Å². The van der Waals surface area contributed by atoms with Crippen molar-refractivity contribution in [1.82, 2.24) is 10.3 Å². The largest absolute Gasteiger partial charge is 0.493 e. The summed E-state index contributed by atoms with van der Waals surface area (Å²) in [5.74, 6) is 1.02. The monoisotopic (exact) mass is 376 g/mol. The van der Waals surface area contributed by atoms with Gasteiger partial charge in [-0.3, -0.25) is 9.78 Å². The molecule has 5 heteroatoms. The molecule has 1 heterocycles. The van der Waals surface area contributed by atoms with Crippen LogP contribution < -0.4 is 14.8 Å². The summed E-state index contributed by atoms with van der Waals surface area (Å²) in [6, 6.07) is 19.4. The number of carbonyl (C=O) groups excluding carboxylic acids is 1. The maximum absolute atomic E-state index is 13.0. The number of amides is 1. The maximum Gasteiger partial charge on any atom is 0.228 e. The van der Waals surface area contributed by atoms with E-state index in [-0.39, 0.29) is 11.8 Å². The Morgan fingerprint density at radius 1 is 0.929 bits per heavy atom. The number of hydrogen-bond acceptors (Lipinski definition) is 4. The van der Waals surface area contributed by atoms with Crippen LogP contribution in [0.5, 0.6) is 11.5 Å². The molecule has 0 saturated carbocycles. The lowest BCUT2D eigenvalue weighted by Gasteiger charge is -2.18. The average Bonchev–Trinajstić information content (AvgIpc) is 2.76. The van der Waals surface area contributed by atoms with Crippen molar-refractivity contribution >= 4 is 5.91 Å². The molecule has 0 saturated heterocycles. The van der Waals surface area contributed by atoms with Gasteiger partial charge in [-0.05, 0) is 47.4 Å². The lowest BCUT2D eigenvalue weighted by molar-refractivity contribution is -0.122. The molecule has 0 spiro atoms. The smallest absolute Gasteiger partial charge is 0.228 e. The van der Waals surface area contributed by atoms with Crippen LogP contribution in [0.15, 0.2) is 73.1 Å². The fourth-order valence-corrected chi connectivity index (χ4v) is 3.10. The van der Waals surface area contributed by atoms with E-state index in [1.165, 1.54) is 0 Å². The fraction of sp³-hybridized carbons (Fsp3) is 0.217. The molecular weight excluding hydrogens is 352 g/mol. The van der Waals surface area contributed by atoms with E-state index in [1.54, 1.807) is 26.6 Å². The number of ether oxygens (including phenoxy) is 2. The number of carbonyl (C=O) groups is 1. The zero-order chi connectivity index (χ0) is 19.8. The normalized spacial score (nSPS) is 11.5. The molecule has 2 aromatic carbocycles. The van der Waals surface area contributed by atoms with Gasteiger partial charge in [0.05, 0.1) is 20.1 Å². The number of hydrogen-bond donors (Lipinski definition) is 1. The van der Waals surface area contributed by atoms with Crippen molar-refractivity contribution in [2.75, 3.05) is 14.2 Å². The molecule has 0 aliphatic rings. The molecule has 1 N–H and O–H groups in total. The first kappa shape index (κ1) is 19.4. The van der Waals surface area contributed by atoms with E-state index in [9.17, 15) is 4.79 Å². The zero-order valence-electron chi connectivity index (χ0n) is 16.1. The topological polar surface area (TPSA) is 60.5 Å². The SMILES string of the molecule is COc1ccc(CNC(=O)C(Cc2ccncc2)c2ccccc2)cc1OC. The zero-order valence-corrected chi connectivity index (χ0v) is 16.1. The lowest BCUT2D eigenvalue weighted by Crippen LogP contribution is -2.30. The molecule has 1 amide bonds. The van der Waals surface area contributed by atoms with E-state index in [0.29, 0.717) is 24.5 Å². The Morgan fingerprint density at radius 2 is 1.64 bits per heavy atom. The predicted octanol–water partition coefficient (Wildman–Crippen LogP) is 3.74. The minimum Gasteiger partial charge on any atom is -0.493 e. The van der Waals surface area contributed by atoms with E-state index in [0.717, 1.165) is 16.7 Å². The molecular formula is C23H24N2O3. The quantitative estimate of drug-likeness (QED) is 0.651. The molecule has 0 aliphatic carbocycles. The summed E-state index contributed by atoms with van der Waals surface area (Å²) in [6.45, 7) is 0.416. The van der Waals surface area contributed by atoms with Crippen molar-refractivity contribution in [1.29, 1.82) is 0 Å². The summed E-state index contributed by atoms with van der Waals surface area (Å²) in [5, 5.41) is 3.06. The fourth-order valence-electron chi connectivity index (χ4n) is 3.10. The third-order valence-corrected chi connectivity index (χ3v) is 4.62. The maximum atomic E-state index is 13.0. The van der Waals surface area contributed by atoms with Crippen molar-refractivity contribution in [3.8, 4) is 11.5 Å². The van der Waals surface area contributed by atoms with Crippen LogP contribution in [0.3, 0.4) is 0 Å². The van der Waals surface area contributed by atoms with Crippen molar-refractivity contribution < 1.29 is 14.3 Å². The number of nitrogens with one attached hydrogen (secondary N) is 1. The van der Waals surface area contributed by atoms with Crippen LogP contribution >= 0.6 is 0 Å². The van der Waals surface area contributed by atoms with Crippen LogP contribution in [-0.2, 0) is 17.8 Å². The van der Waals surface area contributed by atoms with Gasteiger partial charge in [-0.15, -0.1) is 0 Å². The van der Waals surface area contributed by atoms with Gasteiger partial charge in [0.15, 0.2) is 11.5 Å².